The Morgan fingerprint density at radius 2 is 2.03 bits per heavy atom. The second-order valence-electron chi connectivity index (χ2n) is 6.63. The number of amides is 1. The van der Waals surface area contributed by atoms with E-state index in [9.17, 15) is 9.18 Å². The number of carbonyl (C=O) groups is 1. The molecule has 4 rings (SSSR count). The second kappa shape index (κ2) is 8.05. The molecular formula is C21H18FN5O2. The lowest BCUT2D eigenvalue weighted by Gasteiger charge is -2.06. The molecule has 4 aromatic rings. The SMILES string of the molecule is Cc1ccc(CNC(=O)Cn2cnc(-c3noc(-c4cccc(F)c4)n3)c2)cc1. The van der Waals surface area contributed by atoms with Crippen molar-refractivity contribution < 1.29 is 13.7 Å². The summed E-state index contributed by atoms with van der Waals surface area (Å²) in [7, 11) is 0. The molecule has 1 N–H and O–H groups in total. The van der Waals surface area contributed by atoms with E-state index in [2.05, 4.69) is 20.4 Å². The topological polar surface area (TPSA) is 85.8 Å². The number of rotatable bonds is 6. The molecule has 8 heteroatoms. The highest BCUT2D eigenvalue weighted by atomic mass is 19.1. The van der Waals surface area contributed by atoms with E-state index < -0.39 is 0 Å². The quantitative estimate of drug-likeness (QED) is 0.545. The molecule has 0 atom stereocenters. The smallest absolute Gasteiger partial charge is 0.258 e. The van der Waals surface area contributed by atoms with E-state index in [4.69, 9.17) is 4.52 Å². The van der Waals surface area contributed by atoms with Gasteiger partial charge in [-0.05, 0) is 30.7 Å². The normalized spacial score (nSPS) is 10.8. The minimum absolute atomic E-state index is 0.119. The number of halogens is 1. The van der Waals surface area contributed by atoms with Crippen LogP contribution in [0.4, 0.5) is 4.39 Å². The van der Waals surface area contributed by atoms with Crippen molar-refractivity contribution in [2.75, 3.05) is 0 Å². The van der Waals surface area contributed by atoms with Crippen molar-refractivity contribution >= 4 is 5.91 Å². The van der Waals surface area contributed by atoms with E-state index in [0.717, 1.165) is 5.56 Å². The number of nitrogens with zero attached hydrogens (tertiary/aromatic N) is 4. The first-order chi connectivity index (χ1) is 14.1. The molecule has 0 unspecified atom stereocenters. The van der Waals surface area contributed by atoms with Crippen LogP contribution in [0.3, 0.4) is 0 Å². The summed E-state index contributed by atoms with van der Waals surface area (Å²) >= 11 is 0. The Bertz CT molecular complexity index is 1130. The molecule has 2 aromatic heterocycles. The predicted octanol–water partition coefficient (Wildman–Crippen LogP) is 3.36. The first-order valence-corrected chi connectivity index (χ1v) is 9.01. The lowest BCUT2D eigenvalue weighted by Crippen LogP contribution is -2.26. The third-order valence-corrected chi connectivity index (χ3v) is 4.30. The fourth-order valence-electron chi connectivity index (χ4n) is 2.76. The van der Waals surface area contributed by atoms with Crippen molar-refractivity contribution in [1.29, 1.82) is 0 Å². The van der Waals surface area contributed by atoms with Gasteiger partial charge in [0.1, 0.15) is 18.1 Å². The molecule has 0 saturated heterocycles. The van der Waals surface area contributed by atoms with E-state index in [-0.39, 0.29) is 30.0 Å². The fraction of sp³-hybridized carbons (Fsp3) is 0.143. The van der Waals surface area contributed by atoms with E-state index >= 15 is 0 Å². The van der Waals surface area contributed by atoms with E-state index in [0.29, 0.717) is 17.8 Å². The molecule has 0 bridgehead atoms. The molecule has 0 aliphatic heterocycles. The Kier molecular flexibility index (Phi) is 5.15. The van der Waals surface area contributed by atoms with E-state index in [1.54, 1.807) is 22.9 Å². The van der Waals surface area contributed by atoms with Gasteiger partial charge in [-0.1, -0.05) is 41.1 Å². The summed E-state index contributed by atoms with van der Waals surface area (Å²) in [4.78, 5) is 20.6. The monoisotopic (exact) mass is 391 g/mol. The minimum Gasteiger partial charge on any atom is -0.350 e. The third-order valence-electron chi connectivity index (χ3n) is 4.30. The Morgan fingerprint density at radius 3 is 2.83 bits per heavy atom. The van der Waals surface area contributed by atoms with Crippen LogP contribution in [0.5, 0.6) is 0 Å². The van der Waals surface area contributed by atoms with Crippen molar-refractivity contribution in [2.45, 2.75) is 20.0 Å². The van der Waals surface area contributed by atoms with Crippen LogP contribution >= 0.6 is 0 Å². The lowest BCUT2D eigenvalue weighted by molar-refractivity contribution is -0.121. The molecule has 0 spiro atoms. The summed E-state index contributed by atoms with van der Waals surface area (Å²) in [6.45, 7) is 2.60. The van der Waals surface area contributed by atoms with Crippen LogP contribution in [0, 0.1) is 12.7 Å². The van der Waals surface area contributed by atoms with Gasteiger partial charge < -0.3 is 14.4 Å². The van der Waals surface area contributed by atoms with Gasteiger partial charge in [0.25, 0.3) is 5.89 Å². The van der Waals surface area contributed by atoms with Crippen molar-refractivity contribution in [3.63, 3.8) is 0 Å². The average molecular weight is 391 g/mol. The van der Waals surface area contributed by atoms with Gasteiger partial charge >= 0.3 is 0 Å². The Morgan fingerprint density at radius 1 is 1.21 bits per heavy atom. The zero-order valence-electron chi connectivity index (χ0n) is 15.7. The van der Waals surface area contributed by atoms with Gasteiger partial charge in [-0.25, -0.2) is 9.37 Å². The highest BCUT2D eigenvalue weighted by molar-refractivity contribution is 5.75. The van der Waals surface area contributed by atoms with Crippen molar-refractivity contribution in [2.24, 2.45) is 0 Å². The lowest BCUT2D eigenvalue weighted by atomic mass is 10.1. The standard InChI is InChI=1S/C21H18FN5O2/c1-14-5-7-15(8-6-14)10-23-19(28)12-27-11-18(24-13-27)20-25-21(29-26-20)16-3-2-4-17(22)9-16/h2-9,11,13H,10,12H2,1H3,(H,23,28). The molecule has 7 nitrogen and oxygen atoms in total. The number of hydrogen-bond acceptors (Lipinski definition) is 5. The number of carbonyl (C=O) groups excluding carboxylic acids is 1. The maximum absolute atomic E-state index is 13.4. The highest BCUT2D eigenvalue weighted by Gasteiger charge is 2.14. The van der Waals surface area contributed by atoms with Crippen LogP contribution in [-0.2, 0) is 17.9 Å². The second-order valence-corrected chi connectivity index (χ2v) is 6.63. The van der Waals surface area contributed by atoms with Gasteiger partial charge in [0.2, 0.25) is 11.7 Å². The molecule has 0 saturated carbocycles. The summed E-state index contributed by atoms with van der Waals surface area (Å²) in [5, 5.41) is 6.76. The Hall–Kier alpha value is -3.81. The zero-order chi connectivity index (χ0) is 20.2. The number of nitrogens with one attached hydrogen (secondary N) is 1. The molecule has 0 radical (unpaired) electrons. The maximum atomic E-state index is 13.4. The molecule has 29 heavy (non-hydrogen) atoms. The van der Waals surface area contributed by atoms with Gasteiger partial charge in [0.15, 0.2) is 0 Å². The summed E-state index contributed by atoms with van der Waals surface area (Å²) in [5.74, 6) is -0.0563. The highest BCUT2D eigenvalue weighted by Crippen LogP contribution is 2.21. The summed E-state index contributed by atoms with van der Waals surface area (Å²) < 4.78 is 20.2. The fourth-order valence-corrected chi connectivity index (χ4v) is 2.76. The number of aryl methyl sites for hydroxylation is 1. The summed E-state index contributed by atoms with van der Waals surface area (Å²) in [6, 6.07) is 13.9. The molecule has 2 aromatic carbocycles. The zero-order valence-corrected chi connectivity index (χ0v) is 15.7. The number of hydrogen-bond donors (Lipinski definition) is 1. The molecule has 146 valence electrons. The van der Waals surface area contributed by atoms with Crippen molar-refractivity contribution in [1.82, 2.24) is 25.0 Å². The molecule has 0 aliphatic carbocycles. The van der Waals surface area contributed by atoms with Crippen LogP contribution in [0.15, 0.2) is 65.6 Å². The number of imidazole rings is 1. The Balaban J connectivity index is 1.38. The van der Waals surface area contributed by atoms with Gasteiger partial charge in [0, 0.05) is 18.3 Å². The molecular weight excluding hydrogens is 373 g/mol. The van der Waals surface area contributed by atoms with Crippen molar-refractivity contribution in [3.05, 3.63) is 78.0 Å². The molecule has 0 aliphatic rings. The summed E-state index contributed by atoms with van der Waals surface area (Å²) in [6.07, 6.45) is 3.19. The maximum Gasteiger partial charge on any atom is 0.258 e. The average Bonchev–Trinajstić information content (AvgIpc) is 3.37. The molecule has 1 amide bonds. The third kappa shape index (κ3) is 4.55. The first-order valence-electron chi connectivity index (χ1n) is 9.01. The van der Waals surface area contributed by atoms with E-state index in [1.807, 2.05) is 31.2 Å². The van der Waals surface area contributed by atoms with Gasteiger partial charge in [-0.15, -0.1) is 0 Å². The van der Waals surface area contributed by atoms with Gasteiger partial charge in [-0.3, -0.25) is 4.79 Å². The first kappa shape index (κ1) is 18.5. The predicted molar refractivity (Wildman–Crippen MR) is 104 cm³/mol. The molecule has 2 heterocycles. The Labute approximate surface area is 166 Å². The van der Waals surface area contributed by atoms with E-state index in [1.165, 1.54) is 24.0 Å². The molecule has 0 fully saturated rings. The van der Waals surface area contributed by atoms with Gasteiger partial charge in [-0.2, -0.15) is 4.98 Å². The number of aromatic nitrogens is 4. The van der Waals surface area contributed by atoms with Crippen LogP contribution in [0.1, 0.15) is 11.1 Å². The van der Waals surface area contributed by atoms with Crippen LogP contribution in [0.2, 0.25) is 0 Å². The summed E-state index contributed by atoms with van der Waals surface area (Å²) in [5.41, 5.74) is 3.15. The van der Waals surface area contributed by atoms with Crippen LogP contribution in [-0.4, -0.2) is 25.6 Å². The number of benzene rings is 2. The van der Waals surface area contributed by atoms with Crippen LogP contribution in [0.25, 0.3) is 23.0 Å². The minimum atomic E-state index is -0.386. The van der Waals surface area contributed by atoms with Crippen LogP contribution < -0.4 is 5.32 Å². The largest absolute Gasteiger partial charge is 0.350 e. The van der Waals surface area contributed by atoms with Crippen molar-refractivity contribution in [3.8, 4) is 23.0 Å². The van der Waals surface area contributed by atoms with Gasteiger partial charge in [0.05, 0.1) is 6.33 Å².